The summed E-state index contributed by atoms with van der Waals surface area (Å²) in [5.74, 6) is -0.460. The predicted octanol–water partition coefficient (Wildman–Crippen LogP) is 3.59. The number of nitrogens with zero attached hydrogens (tertiary/aromatic N) is 4. The van der Waals surface area contributed by atoms with Crippen LogP contribution in [0, 0.1) is 5.92 Å². The zero-order chi connectivity index (χ0) is 20.7. The Bertz CT molecular complexity index is 1070. The van der Waals surface area contributed by atoms with Crippen LogP contribution in [0.1, 0.15) is 54.2 Å². The molecular formula is C23H26N4O3. The number of carboxylic acid groups (broad SMARTS) is 1. The second-order valence-electron chi connectivity index (χ2n) is 8.43. The number of aromatic nitrogens is 3. The van der Waals surface area contributed by atoms with Gasteiger partial charge in [-0.1, -0.05) is 24.6 Å². The molecule has 3 heterocycles. The van der Waals surface area contributed by atoms with E-state index in [2.05, 4.69) is 9.88 Å². The Morgan fingerprint density at radius 2 is 1.93 bits per heavy atom. The third-order valence-corrected chi connectivity index (χ3v) is 6.47. The molecule has 0 amide bonds. The minimum absolute atomic E-state index is 0.0286. The zero-order valence-electron chi connectivity index (χ0n) is 16.9. The number of aliphatic hydroxyl groups is 1. The van der Waals surface area contributed by atoms with Crippen molar-refractivity contribution in [3.05, 3.63) is 47.8 Å². The maximum Gasteiger partial charge on any atom is 0.354 e. The number of rotatable bonds is 5. The molecule has 2 aromatic heterocycles. The van der Waals surface area contributed by atoms with E-state index in [9.17, 15) is 15.0 Å². The molecule has 30 heavy (non-hydrogen) atoms. The Hall–Kier alpha value is -2.93. The molecule has 0 bridgehead atoms. The number of hydrogen-bond donors (Lipinski definition) is 2. The summed E-state index contributed by atoms with van der Waals surface area (Å²) in [5, 5.41) is 25.4. The Balaban J connectivity index is 1.75. The number of carbonyl (C=O) groups is 1. The number of piperidine rings is 1. The van der Waals surface area contributed by atoms with E-state index in [0.29, 0.717) is 11.6 Å². The summed E-state index contributed by atoms with van der Waals surface area (Å²) in [5.41, 5.74) is 3.41. The van der Waals surface area contributed by atoms with Crippen LogP contribution in [0.15, 0.2) is 36.4 Å². The fraction of sp³-hybridized carbons (Fsp3) is 0.435. The SMILES string of the molecule is O=C(O)c1cc(N2CCCC(CO)C2)c2c(C3CCC3)nn(-c3ccccc3)c2n1. The van der Waals surface area contributed by atoms with E-state index in [-0.39, 0.29) is 18.2 Å². The highest BCUT2D eigenvalue weighted by molar-refractivity contribution is 5.98. The lowest BCUT2D eigenvalue weighted by Gasteiger charge is -2.34. The highest BCUT2D eigenvalue weighted by Crippen LogP contribution is 2.43. The van der Waals surface area contributed by atoms with E-state index in [1.165, 1.54) is 6.42 Å². The van der Waals surface area contributed by atoms with Gasteiger partial charge in [0, 0.05) is 25.6 Å². The third kappa shape index (κ3) is 3.23. The molecule has 1 saturated carbocycles. The van der Waals surface area contributed by atoms with Gasteiger partial charge in [-0.15, -0.1) is 0 Å². The molecule has 3 aromatic rings. The first-order chi connectivity index (χ1) is 14.7. The molecule has 1 aromatic carbocycles. The minimum atomic E-state index is -1.04. The van der Waals surface area contributed by atoms with Gasteiger partial charge in [0.15, 0.2) is 11.3 Å². The van der Waals surface area contributed by atoms with Gasteiger partial charge in [0.05, 0.1) is 22.5 Å². The Morgan fingerprint density at radius 1 is 1.13 bits per heavy atom. The van der Waals surface area contributed by atoms with Crippen molar-refractivity contribution in [2.75, 3.05) is 24.6 Å². The second-order valence-corrected chi connectivity index (χ2v) is 8.43. The fourth-order valence-corrected chi connectivity index (χ4v) is 4.63. The van der Waals surface area contributed by atoms with Crippen molar-refractivity contribution in [3.63, 3.8) is 0 Å². The van der Waals surface area contributed by atoms with Gasteiger partial charge in [0.2, 0.25) is 0 Å². The number of benzene rings is 1. The number of carboxylic acids is 1. The largest absolute Gasteiger partial charge is 0.477 e. The van der Waals surface area contributed by atoms with E-state index in [1.54, 1.807) is 10.7 Å². The molecule has 1 atom stereocenters. The molecule has 1 unspecified atom stereocenters. The van der Waals surface area contributed by atoms with Crippen LogP contribution >= 0.6 is 0 Å². The quantitative estimate of drug-likeness (QED) is 0.673. The predicted molar refractivity (Wildman–Crippen MR) is 114 cm³/mol. The number of aromatic carboxylic acids is 1. The second kappa shape index (κ2) is 7.72. The summed E-state index contributed by atoms with van der Waals surface area (Å²) < 4.78 is 1.80. The van der Waals surface area contributed by atoms with Gasteiger partial charge in [0.25, 0.3) is 0 Å². The lowest BCUT2D eigenvalue weighted by atomic mass is 9.82. The van der Waals surface area contributed by atoms with Crippen LogP contribution < -0.4 is 4.90 Å². The van der Waals surface area contributed by atoms with Crippen molar-refractivity contribution in [1.29, 1.82) is 0 Å². The average molecular weight is 406 g/mol. The van der Waals surface area contributed by atoms with Crippen LogP contribution in [-0.2, 0) is 0 Å². The van der Waals surface area contributed by atoms with Gasteiger partial charge in [-0.2, -0.15) is 5.10 Å². The first-order valence-electron chi connectivity index (χ1n) is 10.7. The van der Waals surface area contributed by atoms with Gasteiger partial charge in [-0.3, -0.25) is 0 Å². The summed E-state index contributed by atoms with van der Waals surface area (Å²) in [6.07, 6.45) is 5.35. The molecule has 7 nitrogen and oxygen atoms in total. The van der Waals surface area contributed by atoms with E-state index in [1.807, 2.05) is 30.3 Å². The molecule has 2 N–H and O–H groups in total. The number of pyridine rings is 1. The normalized spacial score (nSPS) is 19.8. The number of para-hydroxylation sites is 1. The fourth-order valence-electron chi connectivity index (χ4n) is 4.63. The van der Waals surface area contributed by atoms with E-state index in [0.717, 1.165) is 61.2 Å². The standard InChI is InChI=1S/C23H26N4O3/c28-14-15-6-5-11-26(13-15)19-12-18(23(29)30)24-22-20(19)21(16-7-4-8-16)25-27(22)17-9-2-1-3-10-17/h1-3,9-10,12,15-16,28H,4-8,11,13-14H2,(H,29,30). The number of hydrogen-bond acceptors (Lipinski definition) is 5. The molecular weight excluding hydrogens is 380 g/mol. The zero-order valence-corrected chi connectivity index (χ0v) is 16.9. The Morgan fingerprint density at radius 3 is 2.60 bits per heavy atom. The summed E-state index contributed by atoms with van der Waals surface area (Å²) in [6.45, 7) is 1.71. The summed E-state index contributed by atoms with van der Waals surface area (Å²) in [7, 11) is 0. The minimum Gasteiger partial charge on any atom is -0.477 e. The number of fused-ring (bicyclic) bond motifs is 1. The molecule has 7 heteroatoms. The molecule has 5 rings (SSSR count). The Kier molecular flexibility index (Phi) is 4.90. The van der Waals surface area contributed by atoms with Crippen LogP contribution in [0.3, 0.4) is 0 Å². The topological polar surface area (TPSA) is 91.5 Å². The van der Waals surface area contributed by atoms with Crippen LogP contribution in [0.25, 0.3) is 16.7 Å². The Labute approximate surface area is 175 Å². The summed E-state index contributed by atoms with van der Waals surface area (Å²) in [4.78, 5) is 18.7. The highest BCUT2D eigenvalue weighted by Gasteiger charge is 2.31. The maximum absolute atomic E-state index is 11.9. The molecule has 0 radical (unpaired) electrons. The smallest absolute Gasteiger partial charge is 0.354 e. The molecule has 156 valence electrons. The lowest BCUT2D eigenvalue weighted by molar-refractivity contribution is 0.0691. The third-order valence-electron chi connectivity index (χ3n) is 6.47. The van der Waals surface area contributed by atoms with Crippen LogP contribution in [0.5, 0.6) is 0 Å². The van der Waals surface area contributed by atoms with Crippen molar-refractivity contribution in [2.24, 2.45) is 5.92 Å². The van der Waals surface area contributed by atoms with Gasteiger partial charge in [0.1, 0.15) is 0 Å². The number of aliphatic hydroxyl groups excluding tert-OH is 1. The summed E-state index contributed by atoms with van der Waals surface area (Å²) >= 11 is 0. The van der Waals surface area contributed by atoms with Crippen LogP contribution in [0.2, 0.25) is 0 Å². The first-order valence-corrected chi connectivity index (χ1v) is 10.7. The van der Waals surface area contributed by atoms with Gasteiger partial charge >= 0.3 is 5.97 Å². The van der Waals surface area contributed by atoms with E-state index in [4.69, 9.17) is 5.10 Å². The van der Waals surface area contributed by atoms with E-state index < -0.39 is 5.97 Å². The molecule has 1 saturated heterocycles. The van der Waals surface area contributed by atoms with Crippen molar-refractivity contribution in [2.45, 2.75) is 38.0 Å². The van der Waals surface area contributed by atoms with Crippen molar-refractivity contribution in [3.8, 4) is 5.69 Å². The average Bonchev–Trinajstić information content (AvgIpc) is 3.11. The van der Waals surface area contributed by atoms with Gasteiger partial charge < -0.3 is 15.1 Å². The van der Waals surface area contributed by atoms with Crippen LogP contribution in [0.4, 0.5) is 5.69 Å². The van der Waals surface area contributed by atoms with E-state index >= 15 is 0 Å². The van der Waals surface area contributed by atoms with Crippen molar-refractivity contribution in [1.82, 2.24) is 14.8 Å². The molecule has 0 spiro atoms. The lowest BCUT2D eigenvalue weighted by Crippen LogP contribution is -2.37. The first kappa shape index (κ1) is 19.1. The molecule has 2 fully saturated rings. The summed E-state index contributed by atoms with van der Waals surface area (Å²) in [6, 6.07) is 11.5. The molecule has 2 aliphatic rings. The van der Waals surface area contributed by atoms with Crippen molar-refractivity contribution < 1.29 is 15.0 Å². The van der Waals surface area contributed by atoms with Crippen LogP contribution in [-0.4, -0.2) is 50.6 Å². The van der Waals surface area contributed by atoms with Crippen molar-refractivity contribution >= 4 is 22.7 Å². The number of anilines is 1. The molecule has 1 aliphatic heterocycles. The highest BCUT2D eigenvalue weighted by atomic mass is 16.4. The van der Waals surface area contributed by atoms with Gasteiger partial charge in [-0.05, 0) is 49.8 Å². The monoisotopic (exact) mass is 406 g/mol. The van der Waals surface area contributed by atoms with Gasteiger partial charge in [-0.25, -0.2) is 14.5 Å². The maximum atomic E-state index is 11.9. The molecule has 1 aliphatic carbocycles.